The number of halogens is 4. The van der Waals surface area contributed by atoms with Gasteiger partial charge in [-0.15, -0.1) is 0 Å². The van der Waals surface area contributed by atoms with E-state index in [-0.39, 0.29) is 31.4 Å². The van der Waals surface area contributed by atoms with E-state index in [1.165, 1.54) is 12.1 Å². The second-order valence-corrected chi connectivity index (χ2v) is 9.47. The van der Waals surface area contributed by atoms with Crippen molar-refractivity contribution in [3.63, 3.8) is 0 Å². The predicted octanol–water partition coefficient (Wildman–Crippen LogP) is 4.70. The van der Waals surface area contributed by atoms with Gasteiger partial charge in [0.2, 0.25) is 0 Å². The van der Waals surface area contributed by atoms with Gasteiger partial charge in [0, 0.05) is 37.9 Å². The second kappa shape index (κ2) is 8.86. The van der Waals surface area contributed by atoms with E-state index in [1.807, 2.05) is 12.1 Å². The second-order valence-electron chi connectivity index (χ2n) is 9.47. The van der Waals surface area contributed by atoms with E-state index >= 15 is 0 Å². The summed E-state index contributed by atoms with van der Waals surface area (Å²) in [6.45, 7) is 1.61. The zero-order valence-electron chi connectivity index (χ0n) is 19.6. The monoisotopic (exact) mass is 513 g/mol. The molecule has 3 aromatic rings. The highest BCUT2D eigenvalue weighted by atomic mass is 19.4. The summed E-state index contributed by atoms with van der Waals surface area (Å²) >= 11 is 0. The van der Waals surface area contributed by atoms with Crippen LogP contribution in [0.5, 0.6) is 0 Å². The SMILES string of the molecule is O=C(Nc1ccc(F)cn1)N1c2nc(-c3ccnc(N4CCC(C(F)(F)F)C4)c3)ccc2N2CC[C@H]1C2. The maximum absolute atomic E-state index is 13.3. The lowest BCUT2D eigenvalue weighted by Crippen LogP contribution is -2.48. The fraction of sp³-hybridized carbons (Fsp3) is 0.360. The first-order valence-electron chi connectivity index (χ1n) is 12.0. The third kappa shape index (κ3) is 4.40. The molecule has 0 spiro atoms. The number of anilines is 4. The Morgan fingerprint density at radius 1 is 1.00 bits per heavy atom. The van der Waals surface area contributed by atoms with E-state index < -0.39 is 23.9 Å². The highest BCUT2D eigenvalue weighted by Gasteiger charge is 2.44. The minimum absolute atomic E-state index is 0.0384. The molecule has 3 aliphatic rings. The molecule has 0 aliphatic carbocycles. The summed E-state index contributed by atoms with van der Waals surface area (Å²) in [5.41, 5.74) is 2.09. The van der Waals surface area contributed by atoms with Crippen molar-refractivity contribution in [2.75, 3.05) is 46.2 Å². The van der Waals surface area contributed by atoms with Gasteiger partial charge in [0.05, 0.1) is 29.5 Å². The number of hydrogen-bond donors (Lipinski definition) is 1. The van der Waals surface area contributed by atoms with Crippen molar-refractivity contribution in [2.45, 2.75) is 25.1 Å². The summed E-state index contributed by atoms with van der Waals surface area (Å²) in [4.78, 5) is 31.8. The molecule has 8 nitrogen and oxygen atoms in total. The number of nitrogens with one attached hydrogen (secondary N) is 1. The number of aromatic nitrogens is 3. The molecule has 2 atom stereocenters. The van der Waals surface area contributed by atoms with E-state index in [9.17, 15) is 22.4 Å². The van der Waals surface area contributed by atoms with Crippen molar-refractivity contribution < 1.29 is 22.4 Å². The standard InChI is InChI=1S/C25H23F4N7O/c26-17-1-4-21(31-12-17)33-24(37)36-18-7-10-34(14-18)20-3-2-19(32-23(20)36)15-5-8-30-22(11-15)35-9-6-16(13-35)25(27,28)29/h1-5,8,11-12,16,18H,6-7,9-10,13-14H2,(H,31,33,37)/t16?,18-/m0/s1. The molecule has 192 valence electrons. The van der Waals surface area contributed by atoms with Crippen LogP contribution >= 0.6 is 0 Å². The minimum Gasteiger partial charge on any atom is -0.366 e. The first-order valence-corrected chi connectivity index (χ1v) is 12.0. The molecule has 3 aliphatic heterocycles. The molecular formula is C25H23F4N7O. The molecule has 1 unspecified atom stereocenters. The lowest BCUT2D eigenvalue weighted by atomic mass is 10.1. The van der Waals surface area contributed by atoms with Gasteiger partial charge in [-0.3, -0.25) is 10.2 Å². The molecule has 6 rings (SSSR count). The lowest BCUT2D eigenvalue weighted by Gasteiger charge is -2.35. The van der Waals surface area contributed by atoms with E-state index in [1.54, 1.807) is 28.1 Å². The molecule has 0 saturated carbocycles. The van der Waals surface area contributed by atoms with Crippen molar-refractivity contribution in [3.05, 3.63) is 54.6 Å². The van der Waals surface area contributed by atoms with Gasteiger partial charge in [-0.25, -0.2) is 24.1 Å². The van der Waals surface area contributed by atoms with Crippen LogP contribution in [0, 0.1) is 11.7 Å². The first kappa shape index (κ1) is 23.4. The third-order valence-electron chi connectivity index (χ3n) is 7.15. The predicted molar refractivity (Wildman–Crippen MR) is 130 cm³/mol. The van der Waals surface area contributed by atoms with Crippen LogP contribution in [0.2, 0.25) is 0 Å². The van der Waals surface area contributed by atoms with Gasteiger partial charge in [-0.1, -0.05) is 0 Å². The quantitative estimate of drug-likeness (QED) is 0.512. The van der Waals surface area contributed by atoms with Crippen molar-refractivity contribution in [2.24, 2.45) is 5.92 Å². The molecule has 37 heavy (non-hydrogen) atoms. The molecule has 2 amide bonds. The Bertz CT molecular complexity index is 1330. The maximum atomic E-state index is 13.3. The van der Waals surface area contributed by atoms with Crippen molar-refractivity contribution in [3.8, 4) is 11.3 Å². The zero-order chi connectivity index (χ0) is 25.7. The number of pyridine rings is 3. The van der Waals surface area contributed by atoms with Crippen LogP contribution in [0.1, 0.15) is 12.8 Å². The molecular weight excluding hydrogens is 490 g/mol. The summed E-state index contributed by atoms with van der Waals surface area (Å²) in [5, 5.41) is 2.73. The molecule has 1 N–H and O–H groups in total. The third-order valence-corrected chi connectivity index (χ3v) is 7.15. The van der Waals surface area contributed by atoms with Crippen LogP contribution in [-0.2, 0) is 0 Å². The molecule has 12 heteroatoms. The Morgan fingerprint density at radius 2 is 1.84 bits per heavy atom. The fourth-order valence-electron chi connectivity index (χ4n) is 5.24. The molecule has 3 aromatic heterocycles. The van der Waals surface area contributed by atoms with Crippen LogP contribution in [0.3, 0.4) is 0 Å². The van der Waals surface area contributed by atoms with Crippen LogP contribution in [-0.4, -0.2) is 59.4 Å². The van der Waals surface area contributed by atoms with Crippen molar-refractivity contribution in [1.82, 2.24) is 15.0 Å². The van der Waals surface area contributed by atoms with Gasteiger partial charge in [-0.05, 0) is 49.2 Å². The molecule has 2 fully saturated rings. The van der Waals surface area contributed by atoms with Crippen LogP contribution in [0.25, 0.3) is 11.3 Å². The summed E-state index contributed by atoms with van der Waals surface area (Å²) in [5.74, 6) is -0.691. The maximum Gasteiger partial charge on any atom is 0.393 e. The first-order chi connectivity index (χ1) is 17.8. The number of carbonyl (C=O) groups excluding carboxylic acids is 1. The molecule has 0 aromatic carbocycles. The van der Waals surface area contributed by atoms with Gasteiger partial charge < -0.3 is 9.80 Å². The smallest absolute Gasteiger partial charge is 0.366 e. The highest BCUT2D eigenvalue weighted by molar-refractivity contribution is 6.04. The largest absolute Gasteiger partial charge is 0.393 e. The number of nitrogens with zero attached hydrogens (tertiary/aromatic N) is 6. The van der Waals surface area contributed by atoms with Gasteiger partial charge in [0.15, 0.2) is 5.82 Å². The van der Waals surface area contributed by atoms with Gasteiger partial charge in [0.1, 0.15) is 17.5 Å². The number of rotatable bonds is 3. The fourth-order valence-corrected chi connectivity index (χ4v) is 5.24. The number of amides is 2. The summed E-state index contributed by atoms with van der Waals surface area (Å²) in [7, 11) is 0. The van der Waals surface area contributed by atoms with Crippen LogP contribution in [0.15, 0.2) is 48.8 Å². The van der Waals surface area contributed by atoms with E-state index in [2.05, 4.69) is 20.2 Å². The molecule has 2 bridgehead atoms. The molecule has 2 saturated heterocycles. The van der Waals surface area contributed by atoms with Crippen molar-refractivity contribution in [1.29, 1.82) is 0 Å². The Labute approximate surface area is 209 Å². The van der Waals surface area contributed by atoms with Crippen LogP contribution < -0.4 is 20.0 Å². The molecule has 6 heterocycles. The zero-order valence-corrected chi connectivity index (χ0v) is 19.6. The van der Waals surface area contributed by atoms with Gasteiger partial charge in [-0.2, -0.15) is 13.2 Å². The Hall–Kier alpha value is -3.96. The number of hydrogen-bond acceptors (Lipinski definition) is 6. The Kier molecular flexibility index (Phi) is 5.61. The summed E-state index contributed by atoms with van der Waals surface area (Å²) < 4.78 is 52.7. The van der Waals surface area contributed by atoms with Crippen molar-refractivity contribution >= 4 is 29.2 Å². The average Bonchev–Trinajstić information content (AvgIpc) is 3.54. The van der Waals surface area contributed by atoms with Gasteiger partial charge in [0.25, 0.3) is 0 Å². The minimum atomic E-state index is -4.23. The van der Waals surface area contributed by atoms with Crippen LogP contribution in [0.4, 0.5) is 45.5 Å². The van der Waals surface area contributed by atoms with Gasteiger partial charge >= 0.3 is 12.2 Å². The summed E-state index contributed by atoms with van der Waals surface area (Å²) in [6, 6.07) is 9.34. The van der Waals surface area contributed by atoms with E-state index in [0.29, 0.717) is 29.4 Å². The number of carbonyl (C=O) groups is 1. The Balaban J connectivity index is 1.30. The molecule has 0 radical (unpaired) electrons. The van der Waals surface area contributed by atoms with E-state index in [0.717, 1.165) is 24.8 Å². The Morgan fingerprint density at radius 3 is 2.59 bits per heavy atom. The van der Waals surface area contributed by atoms with E-state index in [4.69, 9.17) is 4.98 Å². The normalized spacial score (nSPS) is 20.8. The highest BCUT2D eigenvalue weighted by Crippen LogP contribution is 2.41. The summed E-state index contributed by atoms with van der Waals surface area (Å²) in [6.07, 6.45) is -0.827. The lowest BCUT2D eigenvalue weighted by molar-refractivity contribution is -0.168. The average molecular weight is 513 g/mol. The number of fused-ring (bicyclic) bond motifs is 4. The topological polar surface area (TPSA) is 77.5 Å². The number of alkyl halides is 3. The number of urea groups is 1.